The van der Waals surface area contributed by atoms with E-state index in [1.165, 1.54) is 58.7 Å². The SMILES string of the molecule is C(=N\Cc1ccccc1)/c1ccc(-n2c3ccc(-c4ccccc4)cc3c3cc4sc5ccccc5c4cc32)cc1. The fraction of sp³-hybridized carbons (Fsp3) is 0.0263. The summed E-state index contributed by atoms with van der Waals surface area (Å²) < 4.78 is 5.07. The molecule has 0 unspecified atom stereocenters. The minimum atomic E-state index is 0.684. The summed E-state index contributed by atoms with van der Waals surface area (Å²) in [5, 5.41) is 5.19. The highest BCUT2D eigenvalue weighted by Crippen LogP contribution is 2.41. The summed E-state index contributed by atoms with van der Waals surface area (Å²) in [7, 11) is 0. The summed E-state index contributed by atoms with van der Waals surface area (Å²) >= 11 is 1.87. The molecule has 0 saturated carbocycles. The Morgan fingerprint density at radius 1 is 0.537 bits per heavy atom. The van der Waals surface area contributed by atoms with Gasteiger partial charge in [0.25, 0.3) is 0 Å². The van der Waals surface area contributed by atoms with Crippen molar-refractivity contribution >= 4 is 59.5 Å². The summed E-state index contributed by atoms with van der Waals surface area (Å²) in [6, 6.07) is 50.2. The highest BCUT2D eigenvalue weighted by molar-refractivity contribution is 7.25. The van der Waals surface area contributed by atoms with Crippen LogP contribution in [0, 0.1) is 0 Å². The fourth-order valence-corrected chi connectivity index (χ4v) is 7.00. The lowest BCUT2D eigenvalue weighted by Crippen LogP contribution is -1.94. The van der Waals surface area contributed by atoms with E-state index in [4.69, 9.17) is 0 Å². The standard InChI is InChI=1S/C38H26N2S/c1-3-9-26(10-4-1)24-39-25-27-15-18-30(19-16-27)40-35-20-17-29(28-11-5-2-6-12-28)21-32(35)33-23-38-34(22-36(33)40)31-13-7-8-14-37(31)41-38/h1-23,25H,24H2/b39-25+. The second-order valence-electron chi connectivity index (χ2n) is 10.4. The van der Waals surface area contributed by atoms with Gasteiger partial charge in [-0.1, -0.05) is 97.1 Å². The molecule has 194 valence electrons. The Balaban J connectivity index is 1.29. The minimum absolute atomic E-state index is 0.684. The number of benzene rings is 6. The lowest BCUT2D eigenvalue weighted by atomic mass is 10.0. The van der Waals surface area contributed by atoms with E-state index < -0.39 is 0 Å². The molecule has 41 heavy (non-hydrogen) atoms. The summed E-state index contributed by atoms with van der Waals surface area (Å²) in [6.45, 7) is 0.684. The van der Waals surface area contributed by atoms with Crippen LogP contribution in [0.4, 0.5) is 0 Å². The molecule has 2 nitrogen and oxygen atoms in total. The van der Waals surface area contributed by atoms with E-state index in [9.17, 15) is 0 Å². The molecule has 0 N–H and O–H groups in total. The third-order valence-electron chi connectivity index (χ3n) is 7.88. The maximum atomic E-state index is 4.67. The summed E-state index contributed by atoms with van der Waals surface area (Å²) in [6.07, 6.45) is 1.97. The van der Waals surface area contributed by atoms with Gasteiger partial charge in [0.1, 0.15) is 0 Å². The van der Waals surface area contributed by atoms with Gasteiger partial charge < -0.3 is 4.57 Å². The van der Waals surface area contributed by atoms with Crippen molar-refractivity contribution in [3.05, 3.63) is 151 Å². The zero-order chi connectivity index (χ0) is 27.2. The van der Waals surface area contributed by atoms with E-state index in [1.54, 1.807) is 0 Å². The molecule has 0 aliphatic carbocycles. The molecular weight excluding hydrogens is 516 g/mol. The topological polar surface area (TPSA) is 17.3 Å². The second kappa shape index (κ2) is 9.88. The van der Waals surface area contributed by atoms with E-state index in [0.717, 1.165) is 11.3 Å². The van der Waals surface area contributed by atoms with E-state index in [1.807, 2.05) is 23.6 Å². The van der Waals surface area contributed by atoms with Crippen LogP contribution in [0.15, 0.2) is 145 Å². The van der Waals surface area contributed by atoms with E-state index >= 15 is 0 Å². The van der Waals surface area contributed by atoms with Gasteiger partial charge in [0, 0.05) is 42.8 Å². The highest BCUT2D eigenvalue weighted by atomic mass is 32.1. The Hall–Kier alpha value is -4.99. The predicted molar refractivity (Wildman–Crippen MR) is 177 cm³/mol. The summed E-state index contributed by atoms with van der Waals surface area (Å²) in [4.78, 5) is 4.67. The highest BCUT2D eigenvalue weighted by Gasteiger charge is 2.16. The quantitative estimate of drug-likeness (QED) is 0.193. The molecule has 6 aromatic carbocycles. The molecule has 8 rings (SSSR count). The third-order valence-corrected chi connectivity index (χ3v) is 9.01. The number of thiophene rings is 1. The maximum Gasteiger partial charge on any atom is 0.0639 e. The average Bonchev–Trinajstić information content (AvgIpc) is 3.56. The Morgan fingerprint density at radius 2 is 1.27 bits per heavy atom. The van der Waals surface area contributed by atoms with Crippen molar-refractivity contribution in [3.8, 4) is 16.8 Å². The van der Waals surface area contributed by atoms with E-state index in [2.05, 4.69) is 143 Å². The molecule has 0 bridgehead atoms. The molecule has 2 aromatic heterocycles. The van der Waals surface area contributed by atoms with Crippen molar-refractivity contribution < 1.29 is 0 Å². The van der Waals surface area contributed by atoms with Crippen molar-refractivity contribution in [1.82, 2.24) is 4.57 Å². The first kappa shape index (κ1) is 23.9. The van der Waals surface area contributed by atoms with Crippen molar-refractivity contribution in [2.24, 2.45) is 4.99 Å². The molecule has 0 fully saturated rings. The van der Waals surface area contributed by atoms with E-state index in [0.29, 0.717) is 6.54 Å². The van der Waals surface area contributed by atoms with Gasteiger partial charge in [0.2, 0.25) is 0 Å². The van der Waals surface area contributed by atoms with Gasteiger partial charge in [-0.05, 0) is 64.7 Å². The summed E-state index contributed by atoms with van der Waals surface area (Å²) in [5.74, 6) is 0. The van der Waals surface area contributed by atoms with Crippen LogP contribution in [0.3, 0.4) is 0 Å². The predicted octanol–water partition coefficient (Wildman–Crippen LogP) is 10.4. The lowest BCUT2D eigenvalue weighted by molar-refractivity contribution is 1.08. The van der Waals surface area contributed by atoms with Crippen LogP contribution in [0.5, 0.6) is 0 Å². The van der Waals surface area contributed by atoms with Crippen LogP contribution in [-0.2, 0) is 6.54 Å². The van der Waals surface area contributed by atoms with Crippen LogP contribution in [0.1, 0.15) is 11.1 Å². The molecule has 0 aliphatic rings. The largest absolute Gasteiger partial charge is 0.309 e. The monoisotopic (exact) mass is 542 g/mol. The zero-order valence-corrected chi connectivity index (χ0v) is 23.2. The number of aliphatic imine (C=N–C) groups is 1. The number of rotatable bonds is 5. The average molecular weight is 543 g/mol. The van der Waals surface area contributed by atoms with Crippen molar-refractivity contribution in [1.29, 1.82) is 0 Å². The first-order valence-electron chi connectivity index (χ1n) is 13.9. The van der Waals surface area contributed by atoms with Gasteiger partial charge in [-0.15, -0.1) is 11.3 Å². The second-order valence-corrected chi connectivity index (χ2v) is 11.5. The van der Waals surface area contributed by atoms with Crippen molar-refractivity contribution in [2.75, 3.05) is 0 Å². The van der Waals surface area contributed by atoms with Gasteiger partial charge in [-0.3, -0.25) is 4.99 Å². The van der Waals surface area contributed by atoms with Gasteiger partial charge in [0.05, 0.1) is 17.6 Å². The van der Waals surface area contributed by atoms with Gasteiger partial charge in [-0.2, -0.15) is 0 Å². The number of aromatic nitrogens is 1. The van der Waals surface area contributed by atoms with Crippen molar-refractivity contribution in [3.63, 3.8) is 0 Å². The minimum Gasteiger partial charge on any atom is -0.309 e. The summed E-state index contributed by atoms with van der Waals surface area (Å²) in [5.41, 5.74) is 8.38. The first-order valence-corrected chi connectivity index (χ1v) is 14.7. The maximum absolute atomic E-state index is 4.67. The molecule has 8 aromatic rings. The molecule has 0 radical (unpaired) electrons. The number of hydrogen-bond acceptors (Lipinski definition) is 2. The van der Waals surface area contributed by atoms with Crippen LogP contribution >= 0.6 is 11.3 Å². The Labute approximate surface area is 242 Å². The fourth-order valence-electron chi connectivity index (χ4n) is 5.87. The number of nitrogens with zero attached hydrogens (tertiary/aromatic N) is 2. The molecule has 3 heteroatoms. The number of hydrogen-bond donors (Lipinski definition) is 0. The Bertz CT molecular complexity index is 2200. The molecule has 2 heterocycles. The van der Waals surface area contributed by atoms with Crippen LogP contribution in [0.2, 0.25) is 0 Å². The van der Waals surface area contributed by atoms with Gasteiger partial charge in [-0.25, -0.2) is 0 Å². The molecule has 0 aliphatic heterocycles. The Kier molecular flexibility index (Phi) is 5.75. The third kappa shape index (κ3) is 4.23. The normalized spacial score (nSPS) is 11.9. The van der Waals surface area contributed by atoms with Gasteiger partial charge >= 0.3 is 0 Å². The molecule has 0 saturated heterocycles. The molecular formula is C38H26N2S. The zero-order valence-electron chi connectivity index (χ0n) is 22.4. The molecule has 0 amide bonds. The van der Waals surface area contributed by atoms with Gasteiger partial charge in [0.15, 0.2) is 0 Å². The molecule has 0 atom stereocenters. The first-order chi connectivity index (χ1) is 20.3. The van der Waals surface area contributed by atoms with Crippen LogP contribution in [-0.4, -0.2) is 10.8 Å². The number of fused-ring (bicyclic) bond motifs is 6. The van der Waals surface area contributed by atoms with Crippen molar-refractivity contribution in [2.45, 2.75) is 6.54 Å². The van der Waals surface area contributed by atoms with Crippen LogP contribution in [0.25, 0.3) is 58.8 Å². The smallest absolute Gasteiger partial charge is 0.0639 e. The van der Waals surface area contributed by atoms with E-state index in [-0.39, 0.29) is 0 Å². The molecule has 0 spiro atoms. The Morgan fingerprint density at radius 3 is 2.10 bits per heavy atom. The lowest BCUT2D eigenvalue weighted by Gasteiger charge is -2.09. The van der Waals surface area contributed by atoms with Crippen LogP contribution < -0.4 is 0 Å².